The van der Waals surface area contributed by atoms with Crippen molar-refractivity contribution in [2.24, 2.45) is 0 Å². The van der Waals surface area contributed by atoms with Crippen molar-refractivity contribution in [2.45, 2.75) is 59.7 Å². The highest BCUT2D eigenvalue weighted by molar-refractivity contribution is 7.92. The lowest BCUT2D eigenvalue weighted by molar-refractivity contribution is -0.140. The first-order valence-electron chi connectivity index (χ1n) is 10.9. The molecule has 1 atom stereocenters. The summed E-state index contributed by atoms with van der Waals surface area (Å²) in [4.78, 5) is 27.9. The normalized spacial score (nSPS) is 12.7. The average Bonchev–Trinajstić information content (AvgIpc) is 2.69. The third-order valence-corrected chi connectivity index (χ3v) is 6.46. The number of rotatable bonds is 8. The van der Waals surface area contributed by atoms with Crippen LogP contribution in [0.4, 0.5) is 5.69 Å². The van der Waals surface area contributed by atoms with Gasteiger partial charge in [-0.15, -0.1) is 0 Å². The number of anilines is 1. The molecular weight excluding hydrogens is 438 g/mol. The van der Waals surface area contributed by atoms with Gasteiger partial charge in [0.2, 0.25) is 21.8 Å². The highest BCUT2D eigenvalue weighted by Gasteiger charge is 2.31. The average molecular weight is 474 g/mol. The Hall–Kier alpha value is -2.87. The minimum atomic E-state index is -3.74. The molecule has 0 aromatic heterocycles. The summed E-state index contributed by atoms with van der Waals surface area (Å²) in [5.74, 6) is -0.755. The quantitative estimate of drug-likeness (QED) is 0.637. The summed E-state index contributed by atoms with van der Waals surface area (Å²) >= 11 is 0. The Morgan fingerprint density at radius 2 is 1.52 bits per heavy atom. The number of hydrogen-bond donors (Lipinski definition) is 1. The summed E-state index contributed by atoms with van der Waals surface area (Å²) in [7, 11) is -3.74. The molecule has 2 amide bonds. The fourth-order valence-corrected chi connectivity index (χ4v) is 4.37. The Balaban J connectivity index is 2.43. The first-order valence-corrected chi connectivity index (χ1v) is 12.7. The van der Waals surface area contributed by atoms with E-state index in [0.29, 0.717) is 5.69 Å². The number of nitrogens with one attached hydrogen (secondary N) is 1. The van der Waals surface area contributed by atoms with Crippen LogP contribution in [-0.2, 0) is 26.2 Å². The second kappa shape index (κ2) is 10.4. The van der Waals surface area contributed by atoms with E-state index in [1.54, 1.807) is 32.0 Å². The van der Waals surface area contributed by atoms with Crippen LogP contribution in [0, 0.1) is 13.8 Å². The molecule has 0 unspecified atom stereocenters. The van der Waals surface area contributed by atoms with Gasteiger partial charge in [0.1, 0.15) is 12.6 Å². The third kappa shape index (κ3) is 7.32. The molecular formula is C25H35N3O4S. The number of benzene rings is 2. The lowest BCUT2D eigenvalue weighted by Crippen LogP contribution is -2.54. The van der Waals surface area contributed by atoms with E-state index in [-0.39, 0.29) is 12.5 Å². The molecule has 0 saturated carbocycles. The van der Waals surface area contributed by atoms with Crippen LogP contribution in [0.2, 0.25) is 0 Å². The summed E-state index contributed by atoms with van der Waals surface area (Å²) < 4.78 is 26.3. The Morgan fingerprint density at radius 3 is 2.03 bits per heavy atom. The molecule has 33 heavy (non-hydrogen) atoms. The van der Waals surface area contributed by atoms with Crippen molar-refractivity contribution in [3.63, 3.8) is 0 Å². The van der Waals surface area contributed by atoms with Gasteiger partial charge >= 0.3 is 0 Å². The molecule has 0 aliphatic heterocycles. The highest BCUT2D eigenvalue weighted by atomic mass is 32.2. The molecule has 0 saturated heterocycles. The van der Waals surface area contributed by atoms with E-state index in [0.717, 1.165) is 27.3 Å². The summed E-state index contributed by atoms with van der Waals surface area (Å²) in [6, 6.07) is 13.8. The zero-order chi connectivity index (χ0) is 25.0. The highest BCUT2D eigenvalue weighted by Crippen LogP contribution is 2.23. The van der Waals surface area contributed by atoms with Crippen LogP contribution in [0.25, 0.3) is 0 Å². The zero-order valence-corrected chi connectivity index (χ0v) is 21.4. The summed E-state index contributed by atoms with van der Waals surface area (Å²) in [6.07, 6.45) is 1.08. The number of amides is 2. The van der Waals surface area contributed by atoms with Gasteiger partial charge in [-0.05, 0) is 64.3 Å². The molecule has 7 nitrogen and oxygen atoms in total. The van der Waals surface area contributed by atoms with Gasteiger partial charge in [-0.2, -0.15) is 0 Å². The van der Waals surface area contributed by atoms with Crippen molar-refractivity contribution in [3.05, 3.63) is 65.2 Å². The van der Waals surface area contributed by atoms with Gasteiger partial charge in [-0.25, -0.2) is 8.42 Å². The lowest BCUT2D eigenvalue weighted by Gasteiger charge is -2.33. The molecule has 180 valence electrons. The maximum Gasteiger partial charge on any atom is 0.244 e. The molecule has 0 aliphatic rings. The maximum atomic E-state index is 13.6. The molecule has 2 aromatic carbocycles. The number of hydrogen-bond acceptors (Lipinski definition) is 4. The van der Waals surface area contributed by atoms with Crippen molar-refractivity contribution >= 4 is 27.5 Å². The van der Waals surface area contributed by atoms with Crippen LogP contribution in [-0.4, -0.2) is 49.5 Å². The second-order valence-electron chi connectivity index (χ2n) is 9.42. The molecule has 2 rings (SSSR count). The number of para-hydroxylation sites is 1. The molecule has 0 bridgehead atoms. The molecule has 0 aliphatic carbocycles. The summed E-state index contributed by atoms with van der Waals surface area (Å²) in [5, 5.41) is 2.91. The molecule has 1 N–H and O–H groups in total. The maximum absolute atomic E-state index is 13.6. The molecule has 0 spiro atoms. The first-order chi connectivity index (χ1) is 15.2. The number of sulfonamides is 1. The largest absolute Gasteiger partial charge is 0.350 e. The zero-order valence-electron chi connectivity index (χ0n) is 20.5. The third-order valence-electron chi connectivity index (χ3n) is 5.33. The van der Waals surface area contributed by atoms with Crippen molar-refractivity contribution in [2.75, 3.05) is 17.1 Å². The Morgan fingerprint density at radius 1 is 0.970 bits per heavy atom. The fraction of sp³-hybridized carbons (Fsp3) is 0.440. The van der Waals surface area contributed by atoms with Gasteiger partial charge in [0.15, 0.2) is 0 Å². The number of carbonyl (C=O) groups is 2. The van der Waals surface area contributed by atoms with Gasteiger partial charge in [0, 0.05) is 12.1 Å². The van der Waals surface area contributed by atoms with Crippen LogP contribution in [0.15, 0.2) is 48.5 Å². The molecule has 0 radical (unpaired) electrons. The minimum absolute atomic E-state index is 0.190. The smallest absolute Gasteiger partial charge is 0.244 e. The van der Waals surface area contributed by atoms with E-state index in [4.69, 9.17) is 0 Å². The second-order valence-corrected chi connectivity index (χ2v) is 11.3. The first kappa shape index (κ1) is 26.4. The van der Waals surface area contributed by atoms with E-state index in [1.807, 2.05) is 58.0 Å². The van der Waals surface area contributed by atoms with Crippen LogP contribution in [0.5, 0.6) is 0 Å². The van der Waals surface area contributed by atoms with Gasteiger partial charge in [-0.3, -0.25) is 13.9 Å². The topological polar surface area (TPSA) is 86.8 Å². The van der Waals surface area contributed by atoms with Gasteiger partial charge in [0.25, 0.3) is 0 Å². The predicted octanol–water partition coefficient (Wildman–Crippen LogP) is 3.40. The molecule has 0 heterocycles. The van der Waals surface area contributed by atoms with Crippen molar-refractivity contribution in [1.82, 2.24) is 10.2 Å². The van der Waals surface area contributed by atoms with Crippen LogP contribution < -0.4 is 9.62 Å². The SMILES string of the molecule is Cc1ccccc1CN(C(=O)CN(c1ccccc1C)S(C)(=O)=O)[C@H](C)C(=O)NC(C)(C)C. The van der Waals surface area contributed by atoms with Gasteiger partial charge < -0.3 is 10.2 Å². The van der Waals surface area contributed by atoms with Crippen molar-refractivity contribution in [3.8, 4) is 0 Å². The molecule has 0 fully saturated rings. The number of aryl methyl sites for hydroxylation is 2. The Labute approximate surface area is 197 Å². The summed E-state index contributed by atoms with van der Waals surface area (Å²) in [5.41, 5.74) is 2.58. The van der Waals surface area contributed by atoms with E-state index >= 15 is 0 Å². The van der Waals surface area contributed by atoms with Gasteiger partial charge in [-0.1, -0.05) is 42.5 Å². The van der Waals surface area contributed by atoms with Gasteiger partial charge in [0.05, 0.1) is 11.9 Å². The van der Waals surface area contributed by atoms with E-state index in [9.17, 15) is 18.0 Å². The van der Waals surface area contributed by atoms with Crippen molar-refractivity contribution < 1.29 is 18.0 Å². The fourth-order valence-electron chi connectivity index (χ4n) is 3.47. The molecule has 8 heteroatoms. The Kier molecular flexibility index (Phi) is 8.30. The van der Waals surface area contributed by atoms with E-state index < -0.39 is 34.1 Å². The number of carbonyl (C=O) groups excluding carboxylic acids is 2. The van der Waals surface area contributed by atoms with Crippen LogP contribution >= 0.6 is 0 Å². The number of nitrogens with zero attached hydrogens (tertiary/aromatic N) is 2. The summed E-state index contributed by atoms with van der Waals surface area (Å²) in [6.45, 7) is 10.8. The van der Waals surface area contributed by atoms with E-state index in [2.05, 4.69) is 5.32 Å². The monoisotopic (exact) mass is 473 g/mol. The molecule has 2 aromatic rings. The van der Waals surface area contributed by atoms with E-state index in [1.165, 1.54) is 4.90 Å². The van der Waals surface area contributed by atoms with Crippen molar-refractivity contribution in [1.29, 1.82) is 0 Å². The Bertz CT molecular complexity index is 1110. The van der Waals surface area contributed by atoms with Crippen LogP contribution in [0.1, 0.15) is 44.4 Å². The minimum Gasteiger partial charge on any atom is -0.350 e. The predicted molar refractivity (Wildman–Crippen MR) is 132 cm³/mol. The standard InChI is InChI=1S/C25H35N3O4S/c1-18-12-8-10-14-21(18)16-27(20(3)24(30)26-25(4,5)6)23(29)17-28(33(7,31)32)22-15-11-9-13-19(22)2/h8-15,20H,16-17H2,1-7H3,(H,26,30)/t20-/m1/s1. The lowest BCUT2D eigenvalue weighted by atomic mass is 10.1. The van der Waals surface area contributed by atoms with Crippen LogP contribution in [0.3, 0.4) is 0 Å².